The van der Waals surface area contributed by atoms with Gasteiger partial charge in [-0.3, -0.25) is 4.79 Å². The summed E-state index contributed by atoms with van der Waals surface area (Å²) in [7, 11) is 0. The number of amides is 1. The lowest BCUT2D eigenvalue weighted by molar-refractivity contribution is -0.144. The first-order valence-electron chi connectivity index (χ1n) is 5.32. The van der Waals surface area contributed by atoms with Gasteiger partial charge >= 0.3 is 0 Å². The van der Waals surface area contributed by atoms with Gasteiger partial charge in [-0.1, -0.05) is 6.92 Å². The molecule has 2 aliphatic rings. The van der Waals surface area contributed by atoms with E-state index in [0.717, 1.165) is 26.2 Å². The molecular weight excluding hydrogens is 180 g/mol. The molecule has 1 unspecified atom stereocenters. The Morgan fingerprint density at radius 3 is 2.64 bits per heavy atom. The third-order valence-corrected chi connectivity index (χ3v) is 3.44. The van der Waals surface area contributed by atoms with Crippen molar-refractivity contribution in [1.29, 1.82) is 0 Å². The molecule has 0 aromatic rings. The predicted octanol–water partition coefficient (Wildman–Crippen LogP) is -0.707. The van der Waals surface area contributed by atoms with Gasteiger partial charge in [-0.15, -0.1) is 0 Å². The van der Waals surface area contributed by atoms with Gasteiger partial charge in [0.2, 0.25) is 5.91 Å². The van der Waals surface area contributed by atoms with Crippen molar-refractivity contribution in [3.05, 3.63) is 0 Å². The fourth-order valence-electron chi connectivity index (χ4n) is 2.02. The van der Waals surface area contributed by atoms with Crippen LogP contribution < -0.4 is 5.32 Å². The SMILES string of the molecule is CC(C(=O)N1CC(CO)C1)C1CNC1. The van der Waals surface area contributed by atoms with Crippen molar-refractivity contribution in [2.24, 2.45) is 17.8 Å². The van der Waals surface area contributed by atoms with Crippen LogP contribution in [0, 0.1) is 17.8 Å². The molecule has 2 heterocycles. The van der Waals surface area contributed by atoms with E-state index in [-0.39, 0.29) is 18.4 Å². The molecule has 0 aromatic heterocycles. The number of rotatable bonds is 3. The average molecular weight is 198 g/mol. The van der Waals surface area contributed by atoms with E-state index in [1.807, 2.05) is 11.8 Å². The van der Waals surface area contributed by atoms with Gasteiger partial charge in [0, 0.05) is 31.5 Å². The summed E-state index contributed by atoms with van der Waals surface area (Å²) in [6.45, 7) is 5.68. The van der Waals surface area contributed by atoms with Crippen molar-refractivity contribution in [3.8, 4) is 0 Å². The van der Waals surface area contributed by atoms with Crippen LogP contribution in [0.15, 0.2) is 0 Å². The van der Waals surface area contributed by atoms with Gasteiger partial charge < -0.3 is 15.3 Å². The second-order valence-corrected chi connectivity index (χ2v) is 4.50. The molecule has 2 rings (SSSR count). The van der Waals surface area contributed by atoms with E-state index in [0.29, 0.717) is 11.8 Å². The summed E-state index contributed by atoms with van der Waals surface area (Å²) >= 11 is 0. The molecule has 0 aliphatic carbocycles. The van der Waals surface area contributed by atoms with Gasteiger partial charge in [0.05, 0.1) is 0 Å². The Balaban J connectivity index is 1.78. The summed E-state index contributed by atoms with van der Waals surface area (Å²) in [5.74, 6) is 1.26. The van der Waals surface area contributed by atoms with Gasteiger partial charge in [-0.2, -0.15) is 0 Å². The van der Waals surface area contributed by atoms with Crippen LogP contribution >= 0.6 is 0 Å². The lowest BCUT2D eigenvalue weighted by Gasteiger charge is -2.42. The van der Waals surface area contributed by atoms with E-state index in [4.69, 9.17) is 5.11 Å². The van der Waals surface area contributed by atoms with E-state index >= 15 is 0 Å². The number of hydrogen-bond acceptors (Lipinski definition) is 3. The number of aliphatic hydroxyl groups excluding tert-OH is 1. The average Bonchev–Trinajstić information content (AvgIpc) is 1.98. The Labute approximate surface area is 84.3 Å². The van der Waals surface area contributed by atoms with Crippen molar-refractivity contribution < 1.29 is 9.90 Å². The monoisotopic (exact) mass is 198 g/mol. The summed E-state index contributed by atoms with van der Waals surface area (Å²) in [5, 5.41) is 12.0. The minimum atomic E-state index is 0.149. The van der Waals surface area contributed by atoms with E-state index < -0.39 is 0 Å². The molecule has 1 atom stereocenters. The second-order valence-electron chi connectivity index (χ2n) is 4.50. The summed E-state index contributed by atoms with van der Waals surface area (Å²) < 4.78 is 0. The van der Waals surface area contributed by atoms with Crippen LogP contribution in [-0.2, 0) is 4.79 Å². The molecule has 1 amide bonds. The quantitative estimate of drug-likeness (QED) is 0.630. The van der Waals surface area contributed by atoms with Gasteiger partial charge in [-0.05, 0) is 19.0 Å². The van der Waals surface area contributed by atoms with Gasteiger partial charge in [0.15, 0.2) is 0 Å². The fraction of sp³-hybridized carbons (Fsp3) is 0.900. The number of nitrogens with zero attached hydrogens (tertiary/aromatic N) is 1. The van der Waals surface area contributed by atoms with Crippen molar-refractivity contribution in [2.75, 3.05) is 32.8 Å². The van der Waals surface area contributed by atoms with Crippen LogP contribution in [0.2, 0.25) is 0 Å². The Morgan fingerprint density at radius 1 is 1.57 bits per heavy atom. The highest BCUT2D eigenvalue weighted by Gasteiger charge is 2.36. The van der Waals surface area contributed by atoms with Crippen LogP contribution in [0.4, 0.5) is 0 Å². The van der Waals surface area contributed by atoms with E-state index in [9.17, 15) is 4.79 Å². The number of carbonyl (C=O) groups is 1. The molecule has 4 heteroatoms. The summed E-state index contributed by atoms with van der Waals surface area (Å²) in [6.07, 6.45) is 0. The first-order valence-corrected chi connectivity index (χ1v) is 5.32. The first kappa shape index (κ1) is 9.93. The largest absolute Gasteiger partial charge is 0.396 e. The normalized spacial score (nSPS) is 25.4. The van der Waals surface area contributed by atoms with Gasteiger partial charge in [-0.25, -0.2) is 0 Å². The zero-order valence-corrected chi connectivity index (χ0v) is 8.57. The Hall–Kier alpha value is -0.610. The zero-order valence-electron chi connectivity index (χ0n) is 8.57. The lowest BCUT2D eigenvalue weighted by atomic mass is 9.86. The van der Waals surface area contributed by atoms with Gasteiger partial charge in [0.25, 0.3) is 0 Å². The molecule has 2 fully saturated rings. The zero-order chi connectivity index (χ0) is 10.1. The van der Waals surface area contributed by atoms with Crippen molar-refractivity contribution >= 4 is 5.91 Å². The van der Waals surface area contributed by atoms with Crippen LogP contribution in [0.5, 0.6) is 0 Å². The van der Waals surface area contributed by atoms with E-state index in [1.54, 1.807) is 0 Å². The smallest absolute Gasteiger partial charge is 0.225 e. The number of aliphatic hydroxyl groups is 1. The maximum atomic E-state index is 11.8. The minimum absolute atomic E-state index is 0.149. The molecule has 0 saturated carbocycles. The summed E-state index contributed by atoms with van der Waals surface area (Å²) in [4.78, 5) is 13.7. The number of carbonyl (C=O) groups excluding carboxylic acids is 1. The molecular formula is C10H18N2O2. The van der Waals surface area contributed by atoms with Crippen LogP contribution in [0.25, 0.3) is 0 Å². The maximum Gasteiger partial charge on any atom is 0.225 e. The summed E-state index contributed by atoms with van der Waals surface area (Å²) in [5.41, 5.74) is 0. The second kappa shape index (κ2) is 3.87. The lowest BCUT2D eigenvalue weighted by Crippen LogP contribution is -2.56. The molecule has 4 nitrogen and oxygen atoms in total. The maximum absolute atomic E-state index is 11.8. The van der Waals surface area contributed by atoms with Crippen molar-refractivity contribution in [1.82, 2.24) is 10.2 Å². The molecule has 0 spiro atoms. The first-order chi connectivity index (χ1) is 6.72. The minimum Gasteiger partial charge on any atom is -0.396 e. The summed E-state index contributed by atoms with van der Waals surface area (Å²) in [6, 6.07) is 0. The molecule has 2 aliphatic heterocycles. The third kappa shape index (κ3) is 1.64. The molecule has 14 heavy (non-hydrogen) atoms. The Kier molecular flexibility index (Phi) is 2.74. The number of nitrogens with one attached hydrogen (secondary N) is 1. The topological polar surface area (TPSA) is 52.6 Å². The number of likely N-dealkylation sites (tertiary alicyclic amines) is 1. The molecule has 80 valence electrons. The van der Waals surface area contributed by atoms with Crippen molar-refractivity contribution in [3.63, 3.8) is 0 Å². The molecule has 0 bridgehead atoms. The number of hydrogen-bond donors (Lipinski definition) is 2. The molecule has 2 N–H and O–H groups in total. The Bertz CT molecular complexity index is 222. The van der Waals surface area contributed by atoms with Crippen LogP contribution in [0.1, 0.15) is 6.92 Å². The predicted molar refractivity (Wildman–Crippen MR) is 52.7 cm³/mol. The fourth-order valence-corrected chi connectivity index (χ4v) is 2.02. The van der Waals surface area contributed by atoms with Crippen LogP contribution in [-0.4, -0.2) is 48.7 Å². The highest BCUT2D eigenvalue weighted by atomic mass is 16.3. The Morgan fingerprint density at radius 2 is 2.21 bits per heavy atom. The van der Waals surface area contributed by atoms with E-state index in [2.05, 4.69) is 5.32 Å². The highest BCUT2D eigenvalue weighted by Crippen LogP contribution is 2.23. The van der Waals surface area contributed by atoms with Crippen LogP contribution in [0.3, 0.4) is 0 Å². The van der Waals surface area contributed by atoms with Gasteiger partial charge in [0.1, 0.15) is 0 Å². The molecule has 2 saturated heterocycles. The standard InChI is InChI=1S/C10H18N2O2/c1-7(9-2-11-3-9)10(14)12-4-8(5-12)6-13/h7-9,11,13H,2-6H2,1H3. The van der Waals surface area contributed by atoms with Crippen molar-refractivity contribution in [2.45, 2.75) is 6.92 Å². The third-order valence-electron chi connectivity index (χ3n) is 3.44. The molecule has 0 radical (unpaired) electrons. The molecule has 0 aromatic carbocycles. The van der Waals surface area contributed by atoms with E-state index in [1.165, 1.54) is 0 Å². The highest BCUT2D eigenvalue weighted by molar-refractivity contribution is 5.79.